The van der Waals surface area contributed by atoms with Gasteiger partial charge in [-0.2, -0.15) is 0 Å². The molecule has 26 heavy (non-hydrogen) atoms. The number of thiazole rings is 1. The molecule has 0 saturated heterocycles. The number of hydrogen-bond acceptors (Lipinski definition) is 4. The molecule has 0 aliphatic carbocycles. The summed E-state index contributed by atoms with van der Waals surface area (Å²) in [5.41, 5.74) is 3.64. The van der Waals surface area contributed by atoms with Gasteiger partial charge < -0.3 is 4.74 Å². The average molecular weight is 452 g/mol. The van der Waals surface area contributed by atoms with Crippen molar-refractivity contribution in [2.45, 2.75) is 13.8 Å². The Balaban J connectivity index is 1.60. The fraction of sp³-hybridized carbons (Fsp3) is 0.158. The smallest absolute Gasteiger partial charge is 0.264 e. The number of carbonyl (C=O) groups excluding carboxylic acids is 1. The summed E-state index contributed by atoms with van der Waals surface area (Å²) in [7, 11) is 0. The highest BCUT2D eigenvalue weighted by molar-refractivity contribution is 9.10. The fourth-order valence-corrected chi connectivity index (χ4v) is 3.65. The van der Waals surface area contributed by atoms with Crippen LogP contribution in [0.5, 0.6) is 5.75 Å². The summed E-state index contributed by atoms with van der Waals surface area (Å²) in [6, 6.07) is 11.5. The highest BCUT2D eigenvalue weighted by Crippen LogP contribution is 2.27. The van der Waals surface area contributed by atoms with Crippen LogP contribution in [0.1, 0.15) is 11.1 Å². The van der Waals surface area contributed by atoms with Gasteiger partial charge in [0.1, 0.15) is 5.75 Å². The van der Waals surface area contributed by atoms with Gasteiger partial charge in [0.25, 0.3) is 5.91 Å². The molecule has 0 bridgehead atoms. The van der Waals surface area contributed by atoms with E-state index in [9.17, 15) is 4.79 Å². The molecule has 1 heterocycles. The van der Waals surface area contributed by atoms with Gasteiger partial charge in [-0.05, 0) is 49.2 Å². The molecule has 134 valence electrons. The van der Waals surface area contributed by atoms with Crippen LogP contribution in [0, 0.1) is 13.8 Å². The minimum Gasteiger partial charge on any atom is -0.484 e. The van der Waals surface area contributed by atoms with Crippen molar-refractivity contribution in [1.82, 2.24) is 4.98 Å². The Morgan fingerprint density at radius 1 is 1.27 bits per heavy atom. The monoisotopic (exact) mass is 450 g/mol. The Labute approximate surface area is 169 Å². The van der Waals surface area contributed by atoms with E-state index in [1.54, 1.807) is 0 Å². The first-order chi connectivity index (χ1) is 12.4. The molecule has 0 unspecified atom stereocenters. The van der Waals surface area contributed by atoms with Gasteiger partial charge in [0.2, 0.25) is 0 Å². The first-order valence-electron chi connectivity index (χ1n) is 7.83. The molecule has 1 aromatic heterocycles. The number of rotatable bonds is 5. The van der Waals surface area contributed by atoms with Crippen LogP contribution in [-0.4, -0.2) is 17.5 Å². The number of anilines is 1. The van der Waals surface area contributed by atoms with Crippen molar-refractivity contribution in [2.75, 3.05) is 11.9 Å². The molecular weight excluding hydrogens is 436 g/mol. The van der Waals surface area contributed by atoms with E-state index in [1.165, 1.54) is 11.3 Å². The molecule has 0 spiro atoms. The molecule has 2 aromatic carbocycles. The zero-order valence-electron chi connectivity index (χ0n) is 14.2. The molecule has 0 fully saturated rings. The van der Waals surface area contributed by atoms with Crippen LogP contribution in [-0.2, 0) is 4.79 Å². The number of carbonyl (C=O) groups is 1. The van der Waals surface area contributed by atoms with Gasteiger partial charge in [-0.15, -0.1) is 11.3 Å². The van der Waals surface area contributed by atoms with E-state index >= 15 is 0 Å². The number of benzene rings is 2. The Morgan fingerprint density at radius 3 is 2.69 bits per heavy atom. The zero-order valence-corrected chi connectivity index (χ0v) is 17.3. The summed E-state index contributed by atoms with van der Waals surface area (Å²) < 4.78 is 6.55. The predicted molar refractivity (Wildman–Crippen MR) is 110 cm³/mol. The third-order valence-corrected chi connectivity index (χ3v) is 5.50. The van der Waals surface area contributed by atoms with Gasteiger partial charge in [0, 0.05) is 20.4 Å². The largest absolute Gasteiger partial charge is 0.484 e. The molecule has 0 aliphatic rings. The number of halogens is 2. The Hall–Kier alpha value is -1.89. The molecule has 3 aromatic rings. The van der Waals surface area contributed by atoms with Crippen molar-refractivity contribution < 1.29 is 9.53 Å². The minimum atomic E-state index is -0.259. The third kappa shape index (κ3) is 4.63. The van der Waals surface area contributed by atoms with E-state index in [4.69, 9.17) is 16.3 Å². The fourth-order valence-electron chi connectivity index (χ4n) is 2.41. The molecule has 0 atom stereocenters. The van der Waals surface area contributed by atoms with Gasteiger partial charge in [-0.1, -0.05) is 39.7 Å². The van der Waals surface area contributed by atoms with Crippen molar-refractivity contribution >= 4 is 49.9 Å². The highest BCUT2D eigenvalue weighted by atomic mass is 79.9. The summed E-state index contributed by atoms with van der Waals surface area (Å²) in [6.07, 6.45) is 0. The lowest BCUT2D eigenvalue weighted by Crippen LogP contribution is -2.20. The summed E-state index contributed by atoms with van der Waals surface area (Å²) in [5.74, 6) is 0.360. The van der Waals surface area contributed by atoms with E-state index < -0.39 is 0 Å². The number of aromatic nitrogens is 1. The first kappa shape index (κ1) is 18.9. The number of nitrogens with one attached hydrogen (secondary N) is 1. The van der Waals surface area contributed by atoms with Crippen molar-refractivity contribution in [3.63, 3.8) is 0 Å². The third-order valence-electron chi connectivity index (χ3n) is 3.65. The van der Waals surface area contributed by atoms with Gasteiger partial charge >= 0.3 is 0 Å². The van der Waals surface area contributed by atoms with Gasteiger partial charge in [-0.25, -0.2) is 4.98 Å². The molecule has 4 nitrogen and oxygen atoms in total. The molecular formula is C19H16BrClN2O2S. The van der Waals surface area contributed by atoms with E-state index in [0.29, 0.717) is 15.9 Å². The first-order valence-corrected chi connectivity index (χ1v) is 9.88. The normalized spacial score (nSPS) is 10.6. The van der Waals surface area contributed by atoms with Crippen LogP contribution in [0.25, 0.3) is 11.3 Å². The van der Waals surface area contributed by atoms with Crippen molar-refractivity contribution in [1.29, 1.82) is 0 Å². The van der Waals surface area contributed by atoms with Gasteiger partial charge in [-0.3, -0.25) is 10.1 Å². The number of amides is 1. The lowest BCUT2D eigenvalue weighted by atomic mass is 10.1. The topological polar surface area (TPSA) is 51.2 Å². The van der Waals surface area contributed by atoms with E-state index in [2.05, 4.69) is 26.2 Å². The van der Waals surface area contributed by atoms with E-state index in [0.717, 1.165) is 26.9 Å². The summed E-state index contributed by atoms with van der Waals surface area (Å²) in [4.78, 5) is 16.6. The van der Waals surface area contributed by atoms with Gasteiger partial charge in [0.15, 0.2) is 11.7 Å². The average Bonchev–Trinajstić information content (AvgIpc) is 3.06. The summed E-state index contributed by atoms with van der Waals surface area (Å²) in [6.45, 7) is 3.72. The predicted octanol–water partition coefficient (Wildman–Crippen LogP) is 5.86. The SMILES string of the molecule is Cc1cc(OCC(=O)Nc2nc(-c3cccc(Br)c3)cs2)cc(C)c1Cl. The van der Waals surface area contributed by atoms with Crippen LogP contribution < -0.4 is 10.1 Å². The summed E-state index contributed by atoms with van der Waals surface area (Å²) in [5, 5.41) is 5.92. The second-order valence-corrected chi connectivity index (χ2v) is 7.91. The number of nitrogens with zero attached hydrogens (tertiary/aromatic N) is 1. The number of hydrogen-bond donors (Lipinski definition) is 1. The van der Waals surface area contributed by atoms with Crippen LogP contribution >= 0.6 is 38.9 Å². The minimum absolute atomic E-state index is 0.0910. The molecule has 1 amide bonds. The summed E-state index contributed by atoms with van der Waals surface area (Å²) >= 11 is 11.0. The van der Waals surface area contributed by atoms with Crippen LogP contribution in [0.4, 0.5) is 5.13 Å². The number of aryl methyl sites for hydroxylation is 2. The zero-order chi connectivity index (χ0) is 18.7. The van der Waals surface area contributed by atoms with Crippen molar-refractivity contribution in [3.8, 4) is 17.0 Å². The van der Waals surface area contributed by atoms with Crippen molar-refractivity contribution in [2.24, 2.45) is 0 Å². The maximum absolute atomic E-state index is 12.1. The van der Waals surface area contributed by atoms with Gasteiger partial charge in [0.05, 0.1) is 5.69 Å². The van der Waals surface area contributed by atoms with Crippen LogP contribution in [0.15, 0.2) is 46.3 Å². The maximum atomic E-state index is 12.1. The Bertz CT molecular complexity index is 935. The lowest BCUT2D eigenvalue weighted by Gasteiger charge is -2.09. The lowest BCUT2D eigenvalue weighted by molar-refractivity contribution is -0.118. The molecule has 0 aliphatic heterocycles. The Morgan fingerprint density at radius 2 is 2.00 bits per heavy atom. The van der Waals surface area contributed by atoms with E-state index in [-0.39, 0.29) is 12.5 Å². The standard InChI is InChI=1S/C19H16BrClN2O2S/c1-11-6-15(7-12(2)18(11)21)25-9-17(24)23-19-22-16(10-26-19)13-4-3-5-14(20)8-13/h3-8,10H,9H2,1-2H3,(H,22,23,24). The highest BCUT2D eigenvalue weighted by Gasteiger charge is 2.10. The molecule has 0 saturated carbocycles. The molecule has 3 rings (SSSR count). The molecule has 1 N–H and O–H groups in total. The second kappa shape index (κ2) is 8.20. The maximum Gasteiger partial charge on any atom is 0.264 e. The molecule has 0 radical (unpaired) electrons. The Kier molecular flexibility index (Phi) is 5.96. The molecule has 7 heteroatoms. The van der Waals surface area contributed by atoms with E-state index in [1.807, 2.05) is 55.6 Å². The second-order valence-electron chi connectivity index (χ2n) is 5.76. The van der Waals surface area contributed by atoms with Crippen LogP contribution in [0.3, 0.4) is 0 Å². The van der Waals surface area contributed by atoms with Crippen LogP contribution in [0.2, 0.25) is 5.02 Å². The number of ether oxygens (including phenoxy) is 1. The van der Waals surface area contributed by atoms with Crippen molar-refractivity contribution in [3.05, 3.63) is 62.4 Å². The quantitative estimate of drug-likeness (QED) is 0.528.